The van der Waals surface area contributed by atoms with Crippen LogP contribution in [0.3, 0.4) is 0 Å². The number of hydrogen-bond acceptors (Lipinski definition) is 6. The van der Waals surface area contributed by atoms with Gasteiger partial charge in [0.25, 0.3) is 0 Å². The zero-order valence-electron chi connectivity index (χ0n) is 19.2. The van der Waals surface area contributed by atoms with Crippen molar-refractivity contribution in [2.75, 3.05) is 40.5 Å². The average Bonchev–Trinajstić information content (AvgIpc) is 2.83. The first-order chi connectivity index (χ1) is 16.0. The van der Waals surface area contributed by atoms with Crippen LogP contribution >= 0.6 is 0 Å². The molecule has 2 aromatic rings. The highest BCUT2D eigenvalue weighted by Gasteiger charge is 2.08. The Bertz CT molecular complexity index is 921. The highest BCUT2D eigenvalue weighted by molar-refractivity contribution is 6.11. The number of allylic oxidation sites excluding steroid dienone is 2. The monoisotopic (exact) mass is 456 g/mol. The van der Waals surface area contributed by atoms with Crippen molar-refractivity contribution in [3.05, 3.63) is 59.7 Å². The molecule has 0 aliphatic carbocycles. The molecule has 0 unspecified atom stereocenters. The van der Waals surface area contributed by atoms with E-state index in [0.717, 1.165) is 0 Å². The average molecular weight is 457 g/mol. The minimum atomic E-state index is -0.312. The Morgan fingerprint density at radius 1 is 0.758 bits per heavy atom. The molecular weight excluding hydrogens is 424 g/mol. The molecule has 0 fully saturated rings. The van der Waals surface area contributed by atoms with E-state index in [1.54, 1.807) is 62.8 Å². The Morgan fingerprint density at radius 2 is 1.18 bits per heavy atom. The van der Waals surface area contributed by atoms with Gasteiger partial charge < -0.3 is 30.4 Å². The van der Waals surface area contributed by atoms with Crippen LogP contribution in [0.25, 0.3) is 12.2 Å². The van der Waals surface area contributed by atoms with Gasteiger partial charge in [0, 0.05) is 23.3 Å². The standard InChI is InChI=1S/C25H30N2O6/c1-30-24-16-22(32-13-11-26)9-5-18(24)3-7-20(28)15-21(29)8-4-19-6-10-23(33-14-12-27)17-25(19)31-2/h3-10,16-17H,11-15,26-27H2,1-2H3/p+2/b7-3+,8-4+. The second kappa shape index (κ2) is 13.7. The lowest BCUT2D eigenvalue weighted by Gasteiger charge is -2.09. The van der Waals surface area contributed by atoms with Crippen LogP contribution in [0.4, 0.5) is 0 Å². The van der Waals surface area contributed by atoms with Gasteiger partial charge in [0.1, 0.15) is 49.3 Å². The highest BCUT2D eigenvalue weighted by atomic mass is 16.5. The third kappa shape index (κ3) is 8.44. The number of methoxy groups -OCH3 is 2. The summed E-state index contributed by atoms with van der Waals surface area (Å²) in [5.74, 6) is 1.84. The van der Waals surface area contributed by atoms with Gasteiger partial charge in [-0.15, -0.1) is 0 Å². The molecule has 0 bridgehead atoms. The summed E-state index contributed by atoms with van der Waals surface area (Å²) in [6.07, 6.45) is 5.74. The topological polar surface area (TPSA) is 126 Å². The van der Waals surface area contributed by atoms with Gasteiger partial charge in [-0.05, 0) is 48.6 Å². The second-order valence-corrected chi connectivity index (χ2v) is 6.99. The molecule has 0 radical (unpaired) electrons. The van der Waals surface area contributed by atoms with Crippen LogP contribution in [0.15, 0.2) is 48.6 Å². The zero-order valence-corrected chi connectivity index (χ0v) is 19.2. The molecule has 33 heavy (non-hydrogen) atoms. The Morgan fingerprint density at radius 3 is 1.55 bits per heavy atom. The van der Waals surface area contributed by atoms with Gasteiger partial charge in [0.2, 0.25) is 0 Å². The van der Waals surface area contributed by atoms with Crippen molar-refractivity contribution in [2.24, 2.45) is 0 Å². The van der Waals surface area contributed by atoms with E-state index in [4.69, 9.17) is 18.9 Å². The number of rotatable bonds is 14. The highest BCUT2D eigenvalue weighted by Crippen LogP contribution is 2.27. The van der Waals surface area contributed by atoms with Gasteiger partial charge in [-0.3, -0.25) is 9.59 Å². The first-order valence-electron chi connectivity index (χ1n) is 10.6. The maximum Gasteiger partial charge on any atom is 0.163 e. The molecule has 0 heterocycles. The van der Waals surface area contributed by atoms with Gasteiger partial charge in [0.05, 0.1) is 20.6 Å². The number of quaternary nitrogens is 2. The van der Waals surface area contributed by atoms with E-state index in [9.17, 15) is 9.59 Å². The summed E-state index contributed by atoms with van der Waals surface area (Å²) in [5, 5.41) is 0. The van der Waals surface area contributed by atoms with Crippen LogP contribution in [-0.4, -0.2) is 52.1 Å². The molecule has 8 nitrogen and oxygen atoms in total. The molecule has 2 rings (SSSR count). The normalized spacial score (nSPS) is 11.0. The first-order valence-corrected chi connectivity index (χ1v) is 10.6. The zero-order chi connectivity index (χ0) is 24.1. The predicted molar refractivity (Wildman–Crippen MR) is 125 cm³/mol. The Kier molecular flexibility index (Phi) is 10.7. The number of carbonyl (C=O) groups is 2. The van der Waals surface area contributed by atoms with Crippen LogP contribution in [0.1, 0.15) is 17.5 Å². The minimum Gasteiger partial charge on any atom is -0.496 e. The van der Waals surface area contributed by atoms with E-state index in [1.165, 1.54) is 12.2 Å². The number of carbonyl (C=O) groups excluding carboxylic acids is 2. The SMILES string of the molecule is COc1cc(OCC[NH3+])ccc1/C=C/C(=O)CC(=O)/C=C/c1ccc(OCC[NH3+])cc1OC. The van der Waals surface area contributed by atoms with E-state index in [2.05, 4.69) is 11.5 Å². The third-order valence-corrected chi connectivity index (χ3v) is 4.48. The summed E-state index contributed by atoms with van der Waals surface area (Å²) in [6.45, 7) is 2.33. The van der Waals surface area contributed by atoms with Crippen molar-refractivity contribution >= 4 is 23.7 Å². The summed E-state index contributed by atoms with van der Waals surface area (Å²) >= 11 is 0. The quantitative estimate of drug-likeness (QED) is 0.325. The number of ketones is 2. The fraction of sp³-hybridized carbons (Fsp3) is 0.280. The number of benzene rings is 2. The first kappa shape index (κ1) is 25.6. The maximum absolute atomic E-state index is 12.3. The van der Waals surface area contributed by atoms with Crippen LogP contribution in [-0.2, 0) is 9.59 Å². The summed E-state index contributed by atoms with van der Waals surface area (Å²) in [5.41, 5.74) is 8.89. The second-order valence-electron chi connectivity index (χ2n) is 6.99. The van der Waals surface area contributed by atoms with E-state index >= 15 is 0 Å². The maximum atomic E-state index is 12.3. The molecule has 0 atom stereocenters. The van der Waals surface area contributed by atoms with Gasteiger partial charge in [-0.1, -0.05) is 0 Å². The van der Waals surface area contributed by atoms with Crippen molar-refractivity contribution < 1.29 is 40.0 Å². The van der Waals surface area contributed by atoms with Crippen LogP contribution in [0.5, 0.6) is 23.0 Å². The summed E-state index contributed by atoms with van der Waals surface area (Å²) in [6, 6.07) is 10.7. The molecule has 0 amide bonds. The van der Waals surface area contributed by atoms with Crippen molar-refractivity contribution in [3.8, 4) is 23.0 Å². The van der Waals surface area contributed by atoms with Gasteiger partial charge >= 0.3 is 0 Å². The molecule has 0 saturated carbocycles. The molecular formula is C25H32N2O6+2. The fourth-order valence-electron chi connectivity index (χ4n) is 2.87. The van der Waals surface area contributed by atoms with Gasteiger partial charge in [-0.2, -0.15) is 0 Å². The lowest BCUT2D eigenvalue weighted by atomic mass is 10.1. The van der Waals surface area contributed by atoms with E-state index < -0.39 is 0 Å². The molecule has 0 aliphatic heterocycles. The van der Waals surface area contributed by atoms with Gasteiger partial charge in [0.15, 0.2) is 11.6 Å². The van der Waals surface area contributed by atoms with Crippen molar-refractivity contribution in [1.29, 1.82) is 0 Å². The van der Waals surface area contributed by atoms with Crippen molar-refractivity contribution in [3.63, 3.8) is 0 Å². The number of hydrogen-bond donors (Lipinski definition) is 2. The smallest absolute Gasteiger partial charge is 0.163 e. The molecule has 0 aromatic heterocycles. The lowest BCUT2D eigenvalue weighted by Crippen LogP contribution is -2.52. The minimum absolute atomic E-state index is 0.243. The van der Waals surface area contributed by atoms with Crippen LogP contribution in [0, 0.1) is 0 Å². The molecule has 0 saturated heterocycles. The van der Waals surface area contributed by atoms with Gasteiger partial charge in [-0.25, -0.2) is 0 Å². The Hall–Kier alpha value is -3.62. The largest absolute Gasteiger partial charge is 0.496 e. The van der Waals surface area contributed by atoms with Crippen LogP contribution in [0.2, 0.25) is 0 Å². The molecule has 176 valence electrons. The van der Waals surface area contributed by atoms with Crippen molar-refractivity contribution in [1.82, 2.24) is 0 Å². The molecule has 8 heteroatoms. The summed E-state index contributed by atoms with van der Waals surface area (Å²) in [4.78, 5) is 24.5. The molecule has 0 aliphatic rings. The molecule has 0 spiro atoms. The fourth-order valence-corrected chi connectivity index (χ4v) is 2.87. The summed E-state index contributed by atoms with van der Waals surface area (Å²) in [7, 11) is 3.09. The Balaban J connectivity index is 1.98. The van der Waals surface area contributed by atoms with E-state index in [0.29, 0.717) is 60.4 Å². The van der Waals surface area contributed by atoms with Crippen molar-refractivity contribution in [2.45, 2.75) is 6.42 Å². The Labute approximate surface area is 193 Å². The van der Waals surface area contributed by atoms with Crippen LogP contribution < -0.4 is 30.4 Å². The van der Waals surface area contributed by atoms with E-state index in [1.807, 2.05) is 0 Å². The molecule has 6 N–H and O–H groups in total. The summed E-state index contributed by atoms with van der Waals surface area (Å²) < 4.78 is 21.8. The van der Waals surface area contributed by atoms with E-state index in [-0.39, 0.29) is 18.0 Å². The predicted octanol–water partition coefficient (Wildman–Crippen LogP) is 1.20. The molecule has 2 aromatic carbocycles. The third-order valence-electron chi connectivity index (χ3n) is 4.48. The number of ether oxygens (including phenoxy) is 4. The lowest BCUT2D eigenvalue weighted by molar-refractivity contribution is -0.371.